The average Bonchev–Trinajstić information content (AvgIpc) is 2.85. The maximum Gasteiger partial charge on any atom is 0.131 e. The third kappa shape index (κ3) is 3.81. The Bertz CT molecular complexity index is 563. The van der Waals surface area contributed by atoms with Gasteiger partial charge in [-0.3, -0.25) is 0 Å². The van der Waals surface area contributed by atoms with Crippen molar-refractivity contribution in [2.45, 2.75) is 46.3 Å². The highest BCUT2D eigenvalue weighted by molar-refractivity contribution is 7.09. The van der Waals surface area contributed by atoms with Crippen molar-refractivity contribution in [1.29, 1.82) is 0 Å². The summed E-state index contributed by atoms with van der Waals surface area (Å²) in [4.78, 5) is 4.54. The molecule has 4 heteroatoms. The van der Waals surface area contributed by atoms with Crippen molar-refractivity contribution in [3.8, 4) is 5.75 Å². The topological polar surface area (TPSA) is 42.4 Å². The Kier molecular flexibility index (Phi) is 5.15. The molecule has 0 fully saturated rings. The van der Waals surface area contributed by atoms with Crippen LogP contribution in [0.5, 0.6) is 5.75 Å². The predicted octanol–water partition coefficient (Wildman–Crippen LogP) is 4.04. The number of aromatic nitrogens is 1. The quantitative estimate of drug-likeness (QED) is 0.873. The van der Waals surface area contributed by atoms with Crippen LogP contribution in [-0.4, -0.2) is 10.1 Å². The van der Waals surface area contributed by atoms with Gasteiger partial charge in [-0.25, -0.2) is 4.98 Å². The lowest BCUT2D eigenvalue weighted by Crippen LogP contribution is -2.02. The second kappa shape index (κ2) is 6.86. The van der Waals surface area contributed by atoms with Gasteiger partial charge in [0.05, 0.1) is 16.8 Å². The number of hydrogen-bond acceptors (Lipinski definition) is 4. The minimum absolute atomic E-state index is 0.447. The lowest BCUT2D eigenvalue weighted by Gasteiger charge is -2.13. The van der Waals surface area contributed by atoms with Gasteiger partial charge >= 0.3 is 0 Å². The van der Waals surface area contributed by atoms with E-state index < -0.39 is 6.10 Å². The van der Waals surface area contributed by atoms with E-state index in [2.05, 4.69) is 11.9 Å². The molecule has 1 aromatic carbocycles. The van der Waals surface area contributed by atoms with Crippen LogP contribution in [0.3, 0.4) is 0 Å². The van der Waals surface area contributed by atoms with Crippen LogP contribution >= 0.6 is 11.3 Å². The molecular weight excluding hydrogens is 270 g/mol. The fraction of sp³-hybridized carbons (Fsp3) is 0.438. The number of aliphatic hydroxyl groups is 1. The van der Waals surface area contributed by atoms with Crippen molar-refractivity contribution in [3.05, 3.63) is 45.4 Å². The Morgan fingerprint density at radius 2 is 2.20 bits per heavy atom. The van der Waals surface area contributed by atoms with E-state index in [0.29, 0.717) is 6.61 Å². The summed E-state index contributed by atoms with van der Waals surface area (Å²) in [5.41, 5.74) is 2.90. The van der Waals surface area contributed by atoms with Crippen molar-refractivity contribution < 1.29 is 9.84 Å². The van der Waals surface area contributed by atoms with Gasteiger partial charge in [-0.05, 0) is 38.8 Å². The van der Waals surface area contributed by atoms with Gasteiger partial charge < -0.3 is 9.84 Å². The van der Waals surface area contributed by atoms with Gasteiger partial charge in [0.1, 0.15) is 12.4 Å². The molecule has 0 bridgehead atoms. The van der Waals surface area contributed by atoms with E-state index in [4.69, 9.17) is 4.74 Å². The second-order valence-electron chi connectivity index (χ2n) is 4.99. The molecule has 0 aliphatic heterocycles. The number of rotatable bonds is 6. The molecular formula is C16H21NO2S. The molecule has 1 heterocycles. The molecule has 0 unspecified atom stereocenters. The number of thiazole rings is 1. The molecule has 108 valence electrons. The highest BCUT2D eigenvalue weighted by atomic mass is 32.1. The minimum atomic E-state index is -0.531. The van der Waals surface area contributed by atoms with Crippen molar-refractivity contribution in [1.82, 2.24) is 4.98 Å². The third-order valence-electron chi connectivity index (χ3n) is 3.05. The molecule has 20 heavy (non-hydrogen) atoms. The van der Waals surface area contributed by atoms with Gasteiger partial charge in [-0.2, -0.15) is 0 Å². The summed E-state index contributed by atoms with van der Waals surface area (Å²) in [5.74, 6) is 0.732. The van der Waals surface area contributed by atoms with Crippen LogP contribution in [0, 0.1) is 6.92 Å². The molecule has 0 aliphatic rings. The number of benzene rings is 1. The zero-order valence-electron chi connectivity index (χ0n) is 12.2. The molecule has 0 radical (unpaired) electrons. The van der Waals surface area contributed by atoms with Crippen LogP contribution in [0.1, 0.15) is 48.2 Å². The van der Waals surface area contributed by atoms with Crippen molar-refractivity contribution in [2.75, 3.05) is 0 Å². The molecule has 0 saturated carbocycles. The lowest BCUT2D eigenvalue weighted by molar-refractivity contribution is 0.189. The fourth-order valence-electron chi connectivity index (χ4n) is 2.02. The number of ether oxygens (including phenoxy) is 1. The van der Waals surface area contributed by atoms with Gasteiger partial charge in [0.2, 0.25) is 0 Å². The van der Waals surface area contributed by atoms with Crippen LogP contribution < -0.4 is 4.74 Å². The summed E-state index contributed by atoms with van der Waals surface area (Å²) in [5, 5.41) is 13.0. The smallest absolute Gasteiger partial charge is 0.131 e. The normalized spacial score (nSPS) is 12.4. The molecule has 2 aromatic rings. The first-order chi connectivity index (χ1) is 9.60. The van der Waals surface area contributed by atoms with E-state index in [1.165, 1.54) is 0 Å². The Balaban J connectivity index is 2.06. The van der Waals surface area contributed by atoms with Crippen LogP contribution in [0.4, 0.5) is 0 Å². The molecule has 1 aromatic heterocycles. The Morgan fingerprint density at radius 3 is 2.90 bits per heavy atom. The second-order valence-corrected chi connectivity index (χ2v) is 5.93. The van der Waals surface area contributed by atoms with E-state index in [1.54, 1.807) is 18.3 Å². The van der Waals surface area contributed by atoms with Crippen molar-refractivity contribution in [2.24, 2.45) is 0 Å². The Labute approximate surface area is 124 Å². The molecule has 1 N–H and O–H groups in total. The lowest BCUT2D eigenvalue weighted by atomic mass is 10.1. The summed E-state index contributed by atoms with van der Waals surface area (Å²) in [6, 6.07) is 5.87. The first kappa shape index (κ1) is 15.0. The zero-order chi connectivity index (χ0) is 14.5. The van der Waals surface area contributed by atoms with Crippen LogP contribution in [0.2, 0.25) is 0 Å². The maximum atomic E-state index is 9.81. The summed E-state index contributed by atoms with van der Waals surface area (Å²) < 4.78 is 5.82. The highest BCUT2D eigenvalue weighted by Crippen LogP contribution is 2.27. The van der Waals surface area contributed by atoms with E-state index in [9.17, 15) is 5.11 Å². The largest absolute Gasteiger partial charge is 0.487 e. The monoisotopic (exact) mass is 291 g/mol. The van der Waals surface area contributed by atoms with Gasteiger partial charge in [0, 0.05) is 10.9 Å². The maximum absolute atomic E-state index is 9.81. The standard InChI is InChI=1S/C16H21NO2S/c1-4-5-16-17-13(10-20-16)9-19-15-7-6-11(2)8-14(15)12(3)18/h6-8,10,12,18H,4-5,9H2,1-3H3/t12-/m0/s1. The first-order valence-corrected chi connectivity index (χ1v) is 7.82. The molecule has 3 nitrogen and oxygen atoms in total. The summed E-state index contributed by atoms with van der Waals surface area (Å²) in [6.45, 7) is 6.36. The molecule has 0 aliphatic carbocycles. The van der Waals surface area contributed by atoms with Crippen LogP contribution in [0.15, 0.2) is 23.6 Å². The van der Waals surface area contributed by atoms with E-state index in [1.807, 2.05) is 30.5 Å². The van der Waals surface area contributed by atoms with E-state index in [-0.39, 0.29) is 0 Å². The first-order valence-electron chi connectivity index (χ1n) is 6.94. The molecule has 2 rings (SSSR count). The summed E-state index contributed by atoms with van der Waals surface area (Å²) in [7, 11) is 0. The minimum Gasteiger partial charge on any atom is -0.487 e. The SMILES string of the molecule is CCCc1nc(COc2ccc(C)cc2[C@H](C)O)cs1. The van der Waals surface area contributed by atoms with Gasteiger partial charge in [-0.1, -0.05) is 18.6 Å². The zero-order valence-corrected chi connectivity index (χ0v) is 13.0. The van der Waals surface area contributed by atoms with Gasteiger partial charge in [0.25, 0.3) is 0 Å². The Morgan fingerprint density at radius 1 is 1.40 bits per heavy atom. The number of hydrogen-bond donors (Lipinski definition) is 1. The van der Waals surface area contributed by atoms with Crippen molar-refractivity contribution in [3.63, 3.8) is 0 Å². The molecule has 0 saturated heterocycles. The van der Waals surface area contributed by atoms with E-state index >= 15 is 0 Å². The number of aryl methyl sites for hydroxylation is 2. The fourth-order valence-corrected chi connectivity index (χ4v) is 2.91. The molecule has 1 atom stereocenters. The number of nitrogens with zero attached hydrogens (tertiary/aromatic N) is 1. The Hall–Kier alpha value is -1.39. The summed E-state index contributed by atoms with van der Waals surface area (Å²) in [6.07, 6.45) is 1.60. The van der Waals surface area contributed by atoms with Crippen LogP contribution in [-0.2, 0) is 13.0 Å². The predicted molar refractivity (Wildman–Crippen MR) is 82.3 cm³/mol. The summed E-state index contributed by atoms with van der Waals surface area (Å²) >= 11 is 1.68. The third-order valence-corrected chi connectivity index (χ3v) is 4.01. The molecule has 0 amide bonds. The van der Waals surface area contributed by atoms with Gasteiger partial charge in [-0.15, -0.1) is 11.3 Å². The average molecular weight is 291 g/mol. The van der Waals surface area contributed by atoms with E-state index in [0.717, 1.165) is 40.4 Å². The van der Waals surface area contributed by atoms with Crippen LogP contribution in [0.25, 0.3) is 0 Å². The van der Waals surface area contributed by atoms with Gasteiger partial charge in [0.15, 0.2) is 0 Å². The van der Waals surface area contributed by atoms with Crippen molar-refractivity contribution >= 4 is 11.3 Å². The molecule has 0 spiro atoms. The number of aliphatic hydroxyl groups excluding tert-OH is 1. The highest BCUT2D eigenvalue weighted by Gasteiger charge is 2.10.